The summed E-state index contributed by atoms with van der Waals surface area (Å²) in [5.41, 5.74) is 2.27. The highest BCUT2D eigenvalue weighted by Gasteiger charge is 2.22. The monoisotopic (exact) mass is 307 g/mol. The van der Waals surface area contributed by atoms with Crippen LogP contribution < -0.4 is 10.1 Å². The molecular weight excluding hydrogens is 282 g/mol. The van der Waals surface area contributed by atoms with Gasteiger partial charge in [0.15, 0.2) is 6.61 Å². The molecule has 1 amide bonds. The quantitative estimate of drug-likeness (QED) is 0.786. The standard InChI is InChI=1S/C17H25NO4/c1-11(2)8-15(17(20)21-5)18-16(19)10-22-14-7-6-12(3)13(4)9-14/h6-7,9,11,15H,8,10H2,1-5H3,(H,18,19). The number of benzene rings is 1. The van der Waals surface area contributed by atoms with Crippen molar-refractivity contribution < 1.29 is 19.1 Å². The van der Waals surface area contributed by atoms with Gasteiger partial charge in [0, 0.05) is 0 Å². The SMILES string of the molecule is COC(=O)C(CC(C)C)NC(=O)COc1ccc(C)c(C)c1. The molecule has 22 heavy (non-hydrogen) atoms. The summed E-state index contributed by atoms with van der Waals surface area (Å²) in [5, 5.41) is 2.66. The van der Waals surface area contributed by atoms with Crippen LogP contribution in [0, 0.1) is 19.8 Å². The molecule has 0 heterocycles. The second kappa shape index (κ2) is 8.41. The van der Waals surface area contributed by atoms with Crippen molar-refractivity contribution in [3.8, 4) is 5.75 Å². The van der Waals surface area contributed by atoms with E-state index in [0.717, 1.165) is 5.56 Å². The lowest BCUT2D eigenvalue weighted by molar-refractivity contribution is -0.145. The lowest BCUT2D eigenvalue weighted by Crippen LogP contribution is -2.44. The maximum absolute atomic E-state index is 11.9. The van der Waals surface area contributed by atoms with E-state index in [-0.39, 0.29) is 18.4 Å². The van der Waals surface area contributed by atoms with Gasteiger partial charge in [-0.25, -0.2) is 4.79 Å². The van der Waals surface area contributed by atoms with Gasteiger partial charge in [0.2, 0.25) is 0 Å². The van der Waals surface area contributed by atoms with Crippen molar-refractivity contribution in [1.82, 2.24) is 5.32 Å². The maximum atomic E-state index is 11.9. The van der Waals surface area contributed by atoms with Crippen LogP contribution in [0.4, 0.5) is 0 Å². The van der Waals surface area contributed by atoms with Crippen LogP contribution in [0.15, 0.2) is 18.2 Å². The lowest BCUT2D eigenvalue weighted by atomic mass is 10.0. The fourth-order valence-corrected chi connectivity index (χ4v) is 2.02. The summed E-state index contributed by atoms with van der Waals surface area (Å²) >= 11 is 0. The molecule has 0 saturated heterocycles. The molecule has 0 spiro atoms. The highest BCUT2D eigenvalue weighted by Crippen LogP contribution is 2.16. The molecule has 0 fully saturated rings. The minimum absolute atomic E-state index is 0.131. The van der Waals surface area contributed by atoms with E-state index in [2.05, 4.69) is 5.32 Å². The average molecular weight is 307 g/mol. The van der Waals surface area contributed by atoms with E-state index in [4.69, 9.17) is 9.47 Å². The van der Waals surface area contributed by atoms with Gasteiger partial charge in [0.1, 0.15) is 11.8 Å². The van der Waals surface area contributed by atoms with Gasteiger partial charge in [-0.15, -0.1) is 0 Å². The third-order valence-corrected chi connectivity index (χ3v) is 3.38. The Morgan fingerprint density at radius 3 is 2.41 bits per heavy atom. The van der Waals surface area contributed by atoms with Crippen LogP contribution in [0.5, 0.6) is 5.75 Å². The molecule has 0 saturated carbocycles. The average Bonchev–Trinajstić information content (AvgIpc) is 2.46. The maximum Gasteiger partial charge on any atom is 0.328 e. The van der Waals surface area contributed by atoms with Crippen molar-refractivity contribution in [2.24, 2.45) is 5.92 Å². The van der Waals surface area contributed by atoms with Crippen molar-refractivity contribution >= 4 is 11.9 Å². The largest absolute Gasteiger partial charge is 0.484 e. The van der Waals surface area contributed by atoms with Gasteiger partial charge in [0.05, 0.1) is 7.11 Å². The number of esters is 1. The van der Waals surface area contributed by atoms with E-state index in [9.17, 15) is 9.59 Å². The molecule has 122 valence electrons. The molecule has 1 atom stereocenters. The summed E-state index contributed by atoms with van der Waals surface area (Å²) in [6.45, 7) is 7.83. The van der Waals surface area contributed by atoms with Gasteiger partial charge in [-0.3, -0.25) is 4.79 Å². The normalized spacial score (nSPS) is 11.9. The molecule has 1 aromatic carbocycles. The molecule has 0 aliphatic rings. The Morgan fingerprint density at radius 1 is 1.18 bits per heavy atom. The molecule has 0 aliphatic heterocycles. The Morgan fingerprint density at radius 2 is 1.86 bits per heavy atom. The van der Waals surface area contributed by atoms with Crippen LogP contribution in [0.3, 0.4) is 0 Å². The first-order chi connectivity index (χ1) is 10.3. The van der Waals surface area contributed by atoms with Gasteiger partial charge in [0.25, 0.3) is 5.91 Å². The Balaban J connectivity index is 2.56. The third-order valence-electron chi connectivity index (χ3n) is 3.38. The topological polar surface area (TPSA) is 64.6 Å². The number of hydrogen-bond acceptors (Lipinski definition) is 4. The highest BCUT2D eigenvalue weighted by atomic mass is 16.5. The van der Waals surface area contributed by atoms with Crippen molar-refractivity contribution in [3.05, 3.63) is 29.3 Å². The second-order valence-corrected chi connectivity index (χ2v) is 5.81. The van der Waals surface area contributed by atoms with Gasteiger partial charge < -0.3 is 14.8 Å². The number of rotatable bonds is 7. The molecule has 1 rings (SSSR count). The molecule has 0 radical (unpaired) electrons. The molecule has 5 nitrogen and oxygen atoms in total. The first-order valence-corrected chi connectivity index (χ1v) is 7.40. The summed E-state index contributed by atoms with van der Waals surface area (Å²) in [6.07, 6.45) is 0.530. The number of aryl methyl sites for hydroxylation is 2. The molecule has 0 bridgehead atoms. The highest BCUT2D eigenvalue weighted by molar-refractivity contribution is 5.85. The summed E-state index contributed by atoms with van der Waals surface area (Å²) in [5.74, 6) is 0.129. The van der Waals surface area contributed by atoms with E-state index in [1.54, 1.807) is 0 Å². The van der Waals surface area contributed by atoms with Crippen LogP contribution in [-0.2, 0) is 14.3 Å². The lowest BCUT2D eigenvalue weighted by Gasteiger charge is -2.18. The molecule has 1 unspecified atom stereocenters. The van der Waals surface area contributed by atoms with Crippen LogP contribution in [0.1, 0.15) is 31.4 Å². The number of nitrogens with one attached hydrogen (secondary N) is 1. The Labute approximate surface area is 132 Å². The first-order valence-electron chi connectivity index (χ1n) is 7.40. The third kappa shape index (κ3) is 5.76. The van der Waals surface area contributed by atoms with Crippen molar-refractivity contribution in [2.45, 2.75) is 40.2 Å². The first kappa shape index (κ1) is 18.0. The van der Waals surface area contributed by atoms with Gasteiger partial charge in [-0.2, -0.15) is 0 Å². The fourth-order valence-electron chi connectivity index (χ4n) is 2.02. The van der Waals surface area contributed by atoms with Crippen LogP contribution >= 0.6 is 0 Å². The van der Waals surface area contributed by atoms with Crippen LogP contribution in [-0.4, -0.2) is 31.6 Å². The summed E-state index contributed by atoms with van der Waals surface area (Å²) in [6, 6.07) is 5.01. The van der Waals surface area contributed by atoms with Gasteiger partial charge in [-0.05, 0) is 49.4 Å². The number of amides is 1. The van der Waals surface area contributed by atoms with E-state index in [1.807, 2.05) is 45.9 Å². The molecule has 5 heteroatoms. The molecule has 0 aliphatic carbocycles. The number of ether oxygens (including phenoxy) is 2. The van der Waals surface area contributed by atoms with Crippen molar-refractivity contribution in [2.75, 3.05) is 13.7 Å². The van der Waals surface area contributed by atoms with E-state index in [0.29, 0.717) is 12.2 Å². The van der Waals surface area contributed by atoms with Crippen LogP contribution in [0.2, 0.25) is 0 Å². The van der Waals surface area contributed by atoms with Crippen molar-refractivity contribution in [3.63, 3.8) is 0 Å². The van der Waals surface area contributed by atoms with Crippen molar-refractivity contribution in [1.29, 1.82) is 0 Å². The Bertz CT molecular complexity index is 525. The van der Waals surface area contributed by atoms with E-state index < -0.39 is 12.0 Å². The number of methoxy groups -OCH3 is 1. The summed E-state index contributed by atoms with van der Waals surface area (Å²) in [4.78, 5) is 23.6. The zero-order valence-electron chi connectivity index (χ0n) is 13.9. The molecule has 1 aromatic rings. The zero-order chi connectivity index (χ0) is 16.7. The zero-order valence-corrected chi connectivity index (χ0v) is 13.9. The predicted octanol–water partition coefficient (Wildman–Crippen LogP) is 2.39. The second-order valence-electron chi connectivity index (χ2n) is 5.81. The summed E-state index contributed by atoms with van der Waals surface area (Å²) < 4.78 is 10.2. The fraction of sp³-hybridized carbons (Fsp3) is 0.529. The van der Waals surface area contributed by atoms with E-state index >= 15 is 0 Å². The summed E-state index contributed by atoms with van der Waals surface area (Å²) in [7, 11) is 1.31. The number of carbonyl (C=O) groups excluding carboxylic acids is 2. The Kier molecular flexibility index (Phi) is 6.89. The predicted molar refractivity (Wildman–Crippen MR) is 84.8 cm³/mol. The minimum Gasteiger partial charge on any atom is -0.484 e. The molecular formula is C17H25NO4. The smallest absolute Gasteiger partial charge is 0.328 e. The van der Waals surface area contributed by atoms with E-state index in [1.165, 1.54) is 12.7 Å². The molecule has 1 N–H and O–H groups in total. The van der Waals surface area contributed by atoms with Gasteiger partial charge >= 0.3 is 5.97 Å². The number of hydrogen-bond donors (Lipinski definition) is 1. The Hall–Kier alpha value is -2.04. The van der Waals surface area contributed by atoms with Crippen LogP contribution in [0.25, 0.3) is 0 Å². The van der Waals surface area contributed by atoms with Gasteiger partial charge in [-0.1, -0.05) is 19.9 Å². The molecule has 0 aromatic heterocycles. The number of carbonyl (C=O) groups is 2. The minimum atomic E-state index is -0.638.